The summed E-state index contributed by atoms with van der Waals surface area (Å²) in [6, 6.07) is 6.21. The van der Waals surface area contributed by atoms with Gasteiger partial charge in [0.15, 0.2) is 0 Å². The highest BCUT2D eigenvalue weighted by molar-refractivity contribution is 5.77. The number of nitrogens with zero attached hydrogens (tertiary/aromatic N) is 6. The highest BCUT2D eigenvalue weighted by Gasteiger charge is 2.16. The third-order valence-electron chi connectivity index (χ3n) is 3.98. The smallest absolute Gasteiger partial charge is 0.134 e. The minimum atomic E-state index is 0.897. The van der Waals surface area contributed by atoms with Gasteiger partial charge in [0, 0.05) is 45.0 Å². The first kappa shape index (κ1) is 12.4. The summed E-state index contributed by atoms with van der Waals surface area (Å²) in [4.78, 5) is 11.3. The number of hydrogen-bond donors (Lipinski definition) is 0. The lowest BCUT2D eigenvalue weighted by atomic mass is 10.1. The van der Waals surface area contributed by atoms with E-state index in [4.69, 9.17) is 0 Å². The second-order valence-electron chi connectivity index (χ2n) is 5.31. The summed E-state index contributed by atoms with van der Waals surface area (Å²) in [6.45, 7) is 3.84. The number of benzene rings is 1. The van der Waals surface area contributed by atoms with Crippen molar-refractivity contribution in [3.8, 4) is 0 Å². The van der Waals surface area contributed by atoms with Gasteiger partial charge in [0.25, 0.3) is 0 Å². The predicted molar refractivity (Wildman–Crippen MR) is 78.5 cm³/mol. The molecule has 0 saturated heterocycles. The average Bonchev–Trinajstić information content (AvgIpc) is 2.90. The van der Waals surface area contributed by atoms with Crippen molar-refractivity contribution < 1.29 is 0 Å². The molecule has 1 aromatic carbocycles. The van der Waals surface area contributed by atoms with Crippen LogP contribution in [0.3, 0.4) is 0 Å². The molecule has 0 spiro atoms. The summed E-state index contributed by atoms with van der Waals surface area (Å²) in [5.41, 5.74) is 3.20. The van der Waals surface area contributed by atoms with Crippen LogP contribution in [0.1, 0.15) is 11.4 Å². The Hall–Kier alpha value is -2.34. The number of fused-ring (bicyclic) bond motifs is 2. The third-order valence-corrected chi connectivity index (χ3v) is 3.98. The topological polar surface area (TPSA) is 59.7 Å². The molecule has 1 aliphatic rings. The monoisotopic (exact) mass is 280 g/mol. The Labute approximate surface area is 122 Å². The molecule has 0 bridgehead atoms. The summed E-state index contributed by atoms with van der Waals surface area (Å²) in [7, 11) is 0. The van der Waals surface area contributed by atoms with Crippen molar-refractivity contribution in [1.82, 2.24) is 29.6 Å². The fourth-order valence-corrected chi connectivity index (χ4v) is 2.86. The molecule has 0 fully saturated rings. The second-order valence-corrected chi connectivity index (χ2v) is 5.31. The Balaban J connectivity index is 1.57. The van der Waals surface area contributed by atoms with E-state index in [1.54, 1.807) is 12.4 Å². The standard InChI is InChI=1S/C15H16N6/c1-2-12(15-13(3-1)16-5-6-17-15)10-20-7-4-14-19-18-11-21(14)9-8-20/h1-3,5-6,11H,4,7-10H2. The van der Waals surface area contributed by atoms with Crippen LogP contribution in [0.15, 0.2) is 36.9 Å². The molecular weight excluding hydrogens is 264 g/mol. The Morgan fingerprint density at radius 2 is 2.00 bits per heavy atom. The zero-order valence-electron chi connectivity index (χ0n) is 11.7. The summed E-state index contributed by atoms with van der Waals surface area (Å²) >= 11 is 0. The Kier molecular flexibility index (Phi) is 3.08. The van der Waals surface area contributed by atoms with Crippen molar-refractivity contribution in [2.75, 3.05) is 13.1 Å². The third kappa shape index (κ3) is 2.38. The Bertz CT molecular complexity index is 738. The molecule has 6 nitrogen and oxygen atoms in total. The largest absolute Gasteiger partial charge is 0.316 e. The first-order chi connectivity index (χ1) is 10.4. The first-order valence-electron chi connectivity index (χ1n) is 7.18. The molecule has 0 aliphatic carbocycles. The molecule has 1 aliphatic heterocycles. The highest BCUT2D eigenvalue weighted by Crippen LogP contribution is 2.17. The molecule has 6 heteroatoms. The SMILES string of the molecule is c1cc(CN2CCc3nncn3CC2)c2nccnc2c1. The fourth-order valence-electron chi connectivity index (χ4n) is 2.86. The highest BCUT2D eigenvalue weighted by atomic mass is 15.3. The van der Waals surface area contributed by atoms with E-state index in [1.165, 1.54) is 5.56 Å². The molecule has 0 atom stereocenters. The van der Waals surface area contributed by atoms with E-state index in [2.05, 4.69) is 41.8 Å². The van der Waals surface area contributed by atoms with Crippen molar-refractivity contribution in [3.05, 3.63) is 48.3 Å². The molecule has 2 aromatic heterocycles. The van der Waals surface area contributed by atoms with E-state index in [-0.39, 0.29) is 0 Å². The van der Waals surface area contributed by atoms with Crippen molar-refractivity contribution >= 4 is 11.0 Å². The van der Waals surface area contributed by atoms with Crippen molar-refractivity contribution in [2.45, 2.75) is 19.5 Å². The lowest BCUT2D eigenvalue weighted by molar-refractivity contribution is 0.272. The van der Waals surface area contributed by atoms with Gasteiger partial charge in [-0.15, -0.1) is 10.2 Å². The maximum absolute atomic E-state index is 4.48. The van der Waals surface area contributed by atoms with E-state index in [0.717, 1.165) is 49.5 Å². The van der Waals surface area contributed by atoms with Gasteiger partial charge in [0.05, 0.1) is 11.0 Å². The number of hydrogen-bond acceptors (Lipinski definition) is 5. The number of para-hydroxylation sites is 1. The molecule has 3 aromatic rings. The lowest BCUT2D eigenvalue weighted by Gasteiger charge is -2.20. The van der Waals surface area contributed by atoms with Gasteiger partial charge in [-0.1, -0.05) is 12.1 Å². The Morgan fingerprint density at radius 3 is 3.00 bits per heavy atom. The molecule has 0 saturated carbocycles. The molecule has 0 unspecified atom stereocenters. The predicted octanol–water partition coefficient (Wildman–Crippen LogP) is 1.28. The molecule has 106 valence electrons. The van der Waals surface area contributed by atoms with Crippen LogP contribution in [0.5, 0.6) is 0 Å². The van der Waals surface area contributed by atoms with Crippen molar-refractivity contribution in [2.24, 2.45) is 0 Å². The summed E-state index contributed by atoms with van der Waals surface area (Å²) in [5, 5.41) is 8.14. The van der Waals surface area contributed by atoms with Gasteiger partial charge in [-0.05, 0) is 11.6 Å². The minimum absolute atomic E-state index is 0.897. The van der Waals surface area contributed by atoms with Crippen LogP contribution in [-0.2, 0) is 19.5 Å². The number of aromatic nitrogens is 5. The maximum atomic E-state index is 4.48. The van der Waals surface area contributed by atoms with Gasteiger partial charge in [0.1, 0.15) is 12.2 Å². The van der Waals surface area contributed by atoms with Gasteiger partial charge in [-0.2, -0.15) is 0 Å². The van der Waals surface area contributed by atoms with Crippen molar-refractivity contribution in [1.29, 1.82) is 0 Å². The zero-order chi connectivity index (χ0) is 14.1. The van der Waals surface area contributed by atoms with Crippen LogP contribution in [0, 0.1) is 0 Å². The van der Waals surface area contributed by atoms with E-state index < -0.39 is 0 Å². The van der Waals surface area contributed by atoms with Crippen LogP contribution < -0.4 is 0 Å². The average molecular weight is 280 g/mol. The van der Waals surface area contributed by atoms with E-state index in [9.17, 15) is 0 Å². The summed E-state index contributed by atoms with van der Waals surface area (Å²) < 4.78 is 2.14. The van der Waals surface area contributed by atoms with Crippen molar-refractivity contribution in [3.63, 3.8) is 0 Å². The zero-order valence-corrected chi connectivity index (χ0v) is 11.7. The second kappa shape index (κ2) is 5.21. The minimum Gasteiger partial charge on any atom is -0.316 e. The van der Waals surface area contributed by atoms with E-state index >= 15 is 0 Å². The molecular formula is C15H16N6. The van der Waals surface area contributed by atoms with Crippen LogP contribution >= 0.6 is 0 Å². The van der Waals surface area contributed by atoms with E-state index in [0.29, 0.717) is 0 Å². The maximum Gasteiger partial charge on any atom is 0.134 e. The van der Waals surface area contributed by atoms with Gasteiger partial charge in [0.2, 0.25) is 0 Å². The van der Waals surface area contributed by atoms with Crippen LogP contribution in [0.25, 0.3) is 11.0 Å². The van der Waals surface area contributed by atoms with Gasteiger partial charge in [-0.25, -0.2) is 0 Å². The van der Waals surface area contributed by atoms with Gasteiger partial charge >= 0.3 is 0 Å². The quantitative estimate of drug-likeness (QED) is 0.707. The van der Waals surface area contributed by atoms with E-state index in [1.807, 2.05) is 12.4 Å². The first-order valence-corrected chi connectivity index (χ1v) is 7.18. The fraction of sp³-hybridized carbons (Fsp3) is 0.333. The van der Waals surface area contributed by atoms with Crippen LogP contribution in [0.2, 0.25) is 0 Å². The van der Waals surface area contributed by atoms with Crippen LogP contribution in [-0.4, -0.2) is 42.7 Å². The molecule has 4 rings (SSSR count). The molecule has 21 heavy (non-hydrogen) atoms. The van der Waals surface area contributed by atoms with Gasteiger partial charge in [-0.3, -0.25) is 14.9 Å². The molecule has 0 amide bonds. The Morgan fingerprint density at radius 1 is 1.05 bits per heavy atom. The lowest BCUT2D eigenvalue weighted by Crippen LogP contribution is -2.26. The van der Waals surface area contributed by atoms with Crippen LogP contribution in [0.4, 0.5) is 0 Å². The number of rotatable bonds is 2. The molecule has 3 heterocycles. The van der Waals surface area contributed by atoms with Gasteiger partial charge < -0.3 is 4.57 Å². The molecule has 0 radical (unpaired) electrons. The molecule has 0 N–H and O–H groups in total. The normalized spacial score (nSPS) is 15.8. The summed E-state index contributed by atoms with van der Waals surface area (Å²) in [5.74, 6) is 1.08. The summed E-state index contributed by atoms with van der Waals surface area (Å²) in [6.07, 6.45) is 6.26.